The van der Waals surface area contributed by atoms with Gasteiger partial charge in [-0.05, 0) is 63.3 Å². The summed E-state index contributed by atoms with van der Waals surface area (Å²) in [5, 5.41) is 33.3. The molecule has 1 aliphatic heterocycles. The SMILES string of the molecule is Cc1cc([C@@H](C)Nc2ccc(Cl)nc2C(=O)O)c2nc(N3CCCC4(CCC4O)C3)c(C#N)nc2c1. The van der Waals surface area contributed by atoms with Crippen molar-refractivity contribution in [3.63, 3.8) is 0 Å². The molecule has 3 heterocycles. The number of halogens is 1. The van der Waals surface area contributed by atoms with Gasteiger partial charge in [0.1, 0.15) is 11.2 Å². The summed E-state index contributed by atoms with van der Waals surface area (Å²) in [7, 11) is 0. The van der Waals surface area contributed by atoms with Crippen molar-refractivity contribution in [2.45, 2.75) is 51.7 Å². The smallest absolute Gasteiger partial charge is 0.356 e. The number of aryl methyl sites for hydroxylation is 1. The van der Waals surface area contributed by atoms with E-state index in [1.807, 2.05) is 26.0 Å². The van der Waals surface area contributed by atoms with Gasteiger partial charge in [-0.3, -0.25) is 0 Å². The van der Waals surface area contributed by atoms with Gasteiger partial charge in [-0.15, -0.1) is 0 Å². The van der Waals surface area contributed by atoms with Crippen LogP contribution in [0.3, 0.4) is 0 Å². The third kappa shape index (κ3) is 4.21. The molecule has 1 aliphatic carbocycles. The highest BCUT2D eigenvalue weighted by Crippen LogP contribution is 2.48. The first-order valence-corrected chi connectivity index (χ1v) is 12.4. The second-order valence-electron chi connectivity index (χ2n) is 9.87. The summed E-state index contributed by atoms with van der Waals surface area (Å²) in [5.74, 6) is -0.654. The Hall–Kier alpha value is -3.48. The van der Waals surface area contributed by atoms with Gasteiger partial charge in [0.05, 0.1) is 28.9 Å². The van der Waals surface area contributed by atoms with E-state index < -0.39 is 5.97 Å². The molecule has 1 saturated heterocycles. The topological polar surface area (TPSA) is 135 Å². The maximum Gasteiger partial charge on any atom is 0.356 e. The van der Waals surface area contributed by atoms with E-state index >= 15 is 0 Å². The third-order valence-electron chi connectivity index (χ3n) is 7.46. The number of benzene rings is 1. The Morgan fingerprint density at radius 2 is 2.11 bits per heavy atom. The maximum absolute atomic E-state index is 11.7. The quantitative estimate of drug-likeness (QED) is 0.428. The number of hydrogen-bond donors (Lipinski definition) is 3. The molecular formula is C26H27ClN6O3. The maximum atomic E-state index is 11.7. The molecule has 5 rings (SSSR count). The molecule has 0 bridgehead atoms. The van der Waals surface area contributed by atoms with Crippen LogP contribution in [-0.4, -0.2) is 50.3 Å². The average Bonchev–Trinajstić information content (AvgIpc) is 2.87. The minimum absolute atomic E-state index is 0.0991. The van der Waals surface area contributed by atoms with Crippen molar-refractivity contribution in [3.05, 3.63) is 51.9 Å². The van der Waals surface area contributed by atoms with Gasteiger partial charge in [0, 0.05) is 24.1 Å². The van der Waals surface area contributed by atoms with Crippen LogP contribution in [-0.2, 0) is 0 Å². The molecule has 1 saturated carbocycles. The fourth-order valence-electron chi connectivity index (χ4n) is 5.47. The van der Waals surface area contributed by atoms with Gasteiger partial charge in [0.25, 0.3) is 0 Å². The summed E-state index contributed by atoms with van der Waals surface area (Å²) in [6, 6.07) is 8.88. The van der Waals surface area contributed by atoms with E-state index in [9.17, 15) is 20.3 Å². The first-order valence-electron chi connectivity index (χ1n) is 12.0. The molecule has 1 spiro atoms. The largest absolute Gasteiger partial charge is 0.476 e. The molecule has 3 atom stereocenters. The van der Waals surface area contributed by atoms with Crippen molar-refractivity contribution < 1.29 is 15.0 Å². The molecule has 0 radical (unpaired) electrons. The van der Waals surface area contributed by atoms with Gasteiger partial charge in [0.2, 0.25) is 0 Å². The van der Waals surface area contributed by atoms with E-state index in [1.165, 1.54) is 6.07 Å². The number of carboxylic acid groups (broad SMARTS) is 1. The Labute approximate surface area is 213 Å². The van der Waals surface area contributed by atoms with Crippen LogP contribution >= 0.6 is 11.6 Å². The lowest BCUT2D eigenvalue weighted by molar-refractivity contribution is -0.0719. The number of pyridine rings is 1. The average molecular weight is 507 g/mol. The number of aliphatic hydroxyl groups is 1. The molecule has 9 nitrogen and oxygen atoms in total. The van der Waals surface area contributed by atoms with Crippen molar-refractivity contribution in [1.82, 2.24) is 15.0 Å². The monoisotopic (exact) mass is 506 g/mol. The molecule has 36 heavy (non-hydrogen) atoms. The predicted molar refractivity (Wildman–Crippen MR) is 136 cm³/mol. The number of carbonyl (C=O) groups is 1. The van der Waals surface area contributed by atoms with Crippen LogP contribution in [0.25, 0.3) is 11.0 Å². The lowest BCUT2D eigenvalue weighted by Crippen LogP contribution is -2.55. The van der Waals surface area contributed by atoms with Crippen LogP contribution in [0.15, 0.2) is 24.3 Å². The molecule has 2 unspecified atom stereocenters. The number of nitrogens with zero attached hydrogens (tertiary/aromatic N) is 5. The summed E-state index contributed by atoms with van der Waals surface area (Å²) < 4.78 is 0. The molecule has 2 fully saturated rings. The lowest BCUT2D eigenvalue weighted by atomic mass is 9.62. The fraction of sp³-hybridized carbons (Fsp3) is 0.423. The highest BCUT2D eigenvalue weighted by molar-refractivity contribution is 6.29. The van der Waals surface area contributed by atoms with Crippen LogP contribution in [0.5, 0.6) is 0 Å². The van der Waals surface area contributed by atoms with E-state index in [0.717, 1.165) is 43.4 Å². The van der Waals surface area contributed by atoms with Gasteiger partial charge in [-0.1, -0.05) is 17.7 Å². The fourth-order valence-corrected chi connectivity index (χ4v) is 5.62. The lowest BCUT2D eigenvalue weighted by Gasteiger charge is -2.52. The first kappa shape index (κ1) is 24.2. The van der Waals surface area contributed by atoms with E-state index in [-0.39, 0.29) is 34.1 Å². The molecule has 3 aromatic rings. The molecule has 3 N–H and O–H groups in total. The molecule has 186 valence electrons. The molecule has 1 aromatic carbocycles. The van der Waals surface area contributed by atoms with Crippen molar-refractivity contribution in [2.75, 3.05) is 23.3 Å². The molecule has 2 aliphatic rings. The summed E-state index contributed by atoms with van der Waals surface area (Å²) in [4.78, 5) is 27.4. The van der Waals surface area contributed by atoms with Crippen LogP contribution in [0.2, 0.25) is 5.15 Å². The number of nitrogens with one attached hydrogen (secondary N) is 1. The molecule has 2 aromatic heterocycles. The molecule has 10 heteroatoms. The zero-order valence-electron chi connectivity index (χ0n) is 20.1. The Balaban J connectivity index is 1.56. The molecule has 0 amide bonds. The van der Waals surface area contributed by atoms with Crippen LogP contribution in [0, 0.1) is 23.7 Å². The number of carboxylic acids is 1. The van der Waals surface area contributed by atoms with Crippen LogP contribution in [0.4, 0.5) is 11.5 Å². The van der Waals surface area contributed by atoms with Crippen molar-refractivity contribution in [3.8, 4) is 6.07 Å². The molecular weight excluding hydrogens is 480 g/mol. The van der Waals surface area contributed by atoms with E-state index in [2.05, 4.69) is 26.3 Å². The van der Waals surface area contributed by atoms with Gasteiger partial charge < -0.3 is 20.4 Å². The summed E-state index contributed by atoms with van der Waals surface area (Å²) >= 11 is 5.91. The van der Waals surface area contributed by atoms with E-state index in [0.29, 0.717) is 29.1 Å². The number of aromatic carboxylic acids is 1. The Morgan fingerprint density at radius 3 is 2.78 bits per heavy atom. The first-order chi connectivity index (χ1) is 17.2. The number of piperidine rings is 1. The standard InChI is InChI=1S/C26H27ClN6O3/c1-14-10-16(15(2)29-17-4-5-21(27)31-23(17)25(35)36)22-18(11-14)30-19(12-28)24(32-22)33-9-3-7-26(13-33)8-6-20(26)34/h4-5,10-11,15,20,29,34H,3,6-9,13H2,1-2H3,(H,35,36)/t15-,20?,26?/m1/s1. The minimum Gasteiger partial charge on any atom is -0.476 e. The number of aromatic nitrogens is 3. The number of anilines is 2. The summed E-state index contributed by atoms with van der Waals surface area (Å²) in [6.07, 6.45) is 3.35. The van der Waals surface area contributed by atoms with E-state index in [4.69, 9.17) is 16.6 Å². The zero-order valence-corrected chi connectivity index (χ0v) is 20.9. The Bertz CT molecular complexity index is 1410. The number of nitriles is 1. The van der Waals surface area contributed by atoms with Crippen molar-refractivity contribution in [2.24, 2.45) is 5.41 Å². The number of hydrogen-bond acceptors (Lipinski definition) is 8. The number of fused-ring (bicyclic) bond motifs is 1. The van der Waals surface area contributed by atoms with Gasteiger partial charge in [-0.2, -0.15) is 5.26 Å². The van der Waals surface area contributed by atoms with Gasteiger partial charge in [0.15, 0.2) is 17.2 Å². The van der Waals surface area contributed by atoms with Gasteiger partial charge in [-0.25, -0.2) is 19.7 Å². The Morgan fingerprint density at radius 1 is 1.31 bits per heavy atom. The van der Waals surface area contributed by atoms with Crippen LogP contribution < -0.4 is 10.2 Å². The normalized spacial score (nSPS) is 22.2. The highest BCUT2D eigenvalue weighted by Gasteiger charge is 2.48. The Kier molecular flexibility index (Phi) is 6.18. The number of aliphatic hydroxyl groups excluding tert-OH is 1. The zero-order chi connectivity index (χ0) is 25.6. The summed E-state index contributed by atoms with van der Waals surface area (Å²) in [6.45, 7) is 5.25. The predicted octanol–water partition coefficient (Wildman–Crippen LogP) is 4.47. The van der Waals surface area contributed by atoms with Crippen molar-refractivity contribution in [1.29, 1.82) is 5.26 Å². The minimum atomic E-state index is -1.18. The second kappa shape index (κ2) is 9.19. The summed E-state index contributed by atoms with van der Waals surface area (Å²) in [5.41, 5.74) is 3.31. The third-order valence-corrected chi connectivity index (χ3v) is 7.67. The van der Waals surface area contributed by atoms with Crippen molar-refractivity contribution >= 4 is 40.1 Å². The highest BCUT2D eigenvalue weighted by atomic mass is 35.5. The van der Waals surface area contributed by atoms with Crippen LogP contribution in [0.1, 0.15) is 66.0 Å². The number of rotatable bonds is 5. The van der Waals surface area contributed by atoms with E-state index in [1.54, 1.807) is 6.07 Å². The second-order valence-corrected chi connectivity index (χ2v) is 10.3. The van der Waals surface area contributed by atoms with Gasteiger partial charge >= 0.3 is 5.97 Å².